The van der Waals surface area contributed by atoms with Crippen LogP contribution in [-0.4, -0.2) is 29.5 Å². The van der Waals surface area contributed by atoms with E-state index in [0.717, 1.165) is 36.9 Å². The van der Waals surface area contributed by atoms with Gasteiger partial charge in [0.05, 0.1) is 12.3 Å². The van der Waals surface area contributed by atoms with Gasteiger partial charge < -0.3 is 9.73 Å². The smallest absolute Gasteiger partial charge is 0.126 e. The molecular formula is C16H23N3O. The molecule has 20 heavy (non-hydrogen) atoms. The molecule has 0 aromatic carbocycles. The van der Waals surface area contributed by atoms with Crippen molar-refractivity contribution in [1.29, 1.82) is 0 Å². The Morgan fingerprint density at radius 1 is 1.20 bits per heavy atom. The van der Waals surface area contributed by atoms with Crippen molar-refractivity contribution in [2.45, 2.75) is 26.8 Å². The highest BCUT2D eigenvalue weighted by atomic mass is 16.3. The van der Waals surface area contributed by atoms with E-state index in [2.05, 4.69) is 29.0 Å². The van der Waals surface area contributed by atoms with E-state index in [4.69, 9.17) is 4.42 Å². The summed E-state index contributed by atoms with van der Waals surface area (Å²) in [5, 5.41) is 3.41. The highest BCUT2D eigenvalue weighted by molar-refractivity contribution is 5.35. The van der Waals surface area contributed by atoms with Crippen LogP contribution in [0.4, 0.5) is 5.82 Å². The van der Waals surface area contributed by atoms with Gasteiger partial charge in [0.15, 0.2) is 0 Å². The molecule has 0 aliphatic carbocycles. The first-order valence-corrected chi connectivity index (χ1v) is 7.19. The SMILES string of the molecule is CCN(CC)C(CNc1cccc(C)n1)c1ccco1. The molecule has 4 heteroatoms. The second kappa shape index (κ2) is 7.10. The largest absolute Gasteiger partial charge is 0.468 e. The van der Waals surface area contributed by atoms with E-state index in [9.17, 15) is 0 Å². The Hall–Kier alpha value is -1.81. The lowest BCUT2D eigenvalue weighted by Crippen LogP contribution is -2.33. The van der Waals surface area contributed by atoms with Gasteiger partial charge in [-0.2, -0.15) is 0 Å². The molecule has 0 radical (unpaired) electrons. The van der Waals surface area contributed by atoms with Crippen molar-refractivity contribution in [1.82, 2.24) is 9.88 Å². The zero-order valence-corrected chi connectivity index (χ0v) is 12.5. The molecule has 2 aromatic rings. The number of nitrogens with one attached hydrogen (secondary N) is 1. The van der Waals surface area contributed by atoms with Crippen LogP contribution in [0, 0.1) is 6.92 Å². The minimum Gasteiger partial charge on any atom is -0.468 e. The maximum Gasteiger partial charge on any atom is 0.126 e. The highest BCUT2D eigenvalue weighted by Crippen LogP contribution is 2.21. The molecule has 2 rings (SSSR count). The van der Waals surface area contributed by atoms with Crippen LogP contribution >= 0.6 is 0 Å². The fraction of sp³-hybridized carbons (Fsp3) is 0.438. The van der Waals surface area contributed by atoms with E-state index in [1.54, 1.807) is 6.26 Å². The van der Waals surface area contributed by atoms with Crippen LogP contribution in [0.25, 0.3) is 0 Å². The monoisotopic (exact) mass is 273 g/mol. The first-order chi connectivity index (χ1) is 9.74. The molecule has 2 aromatic heterocycles. The van der Waals surface area contributed by atoms with Crippen molar-refractivity contribution >= 4 is 5.82 Å². The number of rotatable bonds is 7. The van der Waals surface area contributed by atoms with Gasteiger partial charge >= 0.3 is 0 Å². The summed E-state index contributed by atoms with van der Waals surface area (Å²) in [5.74, 6) is 1.91. The third kappa shape index (κ3) is 3.61. The Bertz CT molecular complexity index is 506. The average molecular weight is 273 g/mol. The number of hydrogen-bond acceptors (Lipinski definition) is 4. The van der Waals surface area contributed by atoms with Gasteiger partial charge in [0.1, 0.15) is 11.6 Å². The van der Waals surface area contributed by atoms with Crippen LogP contribution < -0.4 is 5.32 Å². The van der Waals surface area contributed by atoms with Crippen LogP contribution in [0.1, 0.15) is 31.3 Å². The summed E-state index contributed by atoms with van der Waals surface area (Å²) in [5.41, 5.74) is 1.02. The Morgan fingerprint density at radius 3 is 2.60 bits per heavy atom. The van der Waals surface area contributed by atoms with Crippen LogP contribution in [-0.2, 0) is 0 Å². The second-order valence-corrected chi connectivity index (χ2v) is 4.80. The number of aryl methyl sites for hydroxylation is 1. The summed E-state index contributed by atoms with van der Waals surface area (Å²) < 4.78 is 5.59. The molecule has 108 valence electrons. The quantitative estimate of drug-likeness (QED) is 0.838. The van der Waals surface area contributed by atoms with E-state index in [-0.39, 0.29) is 6.04 Å². The number of aromatic nitrogens is 1. The third-order valence-corrected chi connectivity index (χ3v) is 3.49. The number of furan rings is 1. The molecule has 0 fully saturated rings. The Morgan fingerprint density at radius 2 is 2.00 bits per heavy atom. The highest BCUT2D eigenvalue weighted by Gasteiger charge is 2.20. The van der Waals surface area contributed by atoms with E-state index < -0.39 is 0 Å². The van der Waals surface area contributed by atoms with Gasteiger partial charge in [0, 0.05) is 12.2 Å². The lowest BCUT2D eigenvalue weighted by molar-refractivity contribution is 0.202. The molecule has 0 aliphatic rings. The number of nitrogens with zero attached hydrogens (tertiary/aromatic N) is 2. The number of hydrogen-bond donors (Lipinski definition) is 1. The molecule has 4 nitrogen and oxygen atoms in total. The van der Waals surface area contributed by atoms with E-state index in [0.29, 0.717) is 0 Å². The van der Waals surface area contributed by atoms with Gasteiger partial charge in [-0.05, 0) is 44.3 Å². The summed E-state index contributed by atoms with van der Waals surface area (Å²) in [6.45, 7) is 9.11. The minimum absolute atomic E-state index is 0.224. The maximum atomic E-state index is 5.59. The van der Waals surface area contributed by atoms with E-state index in [1.165, 1.54) is 0 Å². The van der Waals surface area contributed by atoms with Gasteiger partial charge in [-0.1, -0.05) is 19.9 Å². The van der Waals surface area contributed by atoms with Gasteiger partial charge in [0.25, 0.3) is 0 Å². The zero-order valence-electron chi connectivity index (χ0n) is 12.5. The van der Waals surface area contributed by atoms with Crippen molar-refractivity contribution in [3.8, 4) is 0 Å². The Balaban J connectivity index is 2.08. The number of pyridine rings is 1. The fourth-order valence-corrected chi connectivity index (χ4v) is 2.40. The standard InChI is InChI=1S/C16H23N3O/c1-4-19(5-2)14(15-9-7-11-20-15)12-17-16-10-6-8-13(3)18-16/h6-11,14H,4-5,12H2,1-3H3,(H,17,18). The summed E-state index contributed by atoms with van der Waals surface area (Å²) in [6.07, 6.45) is 1.73. The molecule has 0 spiro atoms. The molecule has 0 saturated heterocycles. The first-order valence-electron chi connectivity index (χ1n) is 7.19. The normalized spacial score (nSPS) is 12.6. The number of anilines is 1. The predicted octanol–water partition coefficient (Wildman–Crippen LogP) is 3.48. The van der Waals surface area contributed by atoms with Crippen molar-refractivity contribution in [2.75, 3.05) is 25.0 Å². The lowest BCUT2D eigenvalue weighted by atomic mass is 10.2. The molecular weight excluding hydrogens is 250 g/mol. The van der Waals surface area contributed by atoms with Gasteiger partial charge in [-0.25, -0.2) is 4.98 Å². The predicted molar refractivity (Wildman–Crippen MR) is 81.8 cm³/mol. The van der Waals surface area contributed by atoms with Crippen molar-refractivity contribution in [3.63, 3.8) is 0 Å². The zero-order chi connectivity index (χ0) is 14.4. The van der Waals surface area contributed by atoms with Gasteiger partial charge in [-0.15, -0.1) is 0 Å². The summed E-state index contributed by atoms with van der Waals surface area (Å²) >= 11 is 0. The molecule has 1 atom stereocenters. The molecule has 1 N–H and O–H groups in total. The van der Waals surface area contributed by atoms with Crippen LogP contribution in [0.15, 0.2) is 41.0 Å². The van der Waals surface area contributed by atoms with Crippen molar-refractivity contribution in [2.24, 2.45) is 0 Å². The Labute approximate surface area is 120 Å². The van der Waals surface area contributed by atoms with E-state index >= 15 is 0 Å². The van der Waals surface area contributed by atoms with Gasteiger partial charge in [-0.3, -0.25) is 4.90 Å². The number of likely N-dealkylation sites (N-methyl/N-ethyl adjacent to an activating group) is 1. The van der Waals surface area contributed by atoms with E-state index in [1.807, 2.05) is 37.3 Å². The summed E-state index contributed by atoms with van der Waals surface area (Å²) in [7, 11) is 0. The molecule has 0 saturated carbocycles. The molecule has 2 heterocycles. The summed E-state index contributed by atoms with van der Waals surface area (Å²) in [4.78, 5) is 6.85. The van der Waals surface area contributed by atoms with Crippen LogP contribution in [0.2, 0.25) is 0 Å². The van der Waals surface area contributed by atoms with Crippen molar-refractivity contribution in [3.05, 3.63) is 48.0 Å². The minimum atomic E-state index is 0.224. The van der Waals surface area contributed by atoms with Gasteiger partial charge in [0.2, 0.25) is 0 Å². The maximum absolute atomic E-state index is 5.59. The summed E-state index contributed by atoms with van der Waals surface area (Å²) in [6, 6.07) is 10.2. The van der Waals surface area contributed by atoms with Crippen LogP contribution in [0.3, 0.4) is 0 Å². The second-order valence-electron chi connectivity index (χ2n) is 4.80. The van der Waals surface area contributed by atoms with Crippen molar-refractivity contribution < 1.29 is 4.42 Å². The molecule has 0 bridgehead atoms. The Kier molecular flexibility index (Phi) is 5.18. The lowest BCUT2D eigenvalue weighted by Gasteiger charge is -2.28. The topological polar surface area (TPSA) is 41.3 Å². The molecule has 0 amide bonds. The first kappa shape index (κ1) is 14.6. The third-order valence-electron chi connectivity index (χ3n) is 3.49. The van der Waals surface area contributed by atoms with Crippen LogP contribution in [0.5, 0.6) is 0 Å². The molecule has 1 unspecified atom stereocenters. The average Bonchev–Trinajstić information content (AvgIpc) is 2.97. The fourth-order valence-electron chi connectivity index (χ4n) is 2.40. The molecule has 0 aliphatic heterocycles.